The van der Waals surface area contributed by atoms with E-state index >= 15 is 0 Å². The molecule has 17 heavy (non-hydrogen) atoms. The first-order valence-corrected chi connectivity index (χ1v) is 7.18. The van der Waals surface area contributed by atoms with Gasteiger partial charge >= 0.3 is 0 Å². The molecule has 0 heterocycles. The lowest BCUT2D eigenvalue weighted by Gasteiger charge is -2.15. The molecule has 1 aromatic carbocycles. The first kappa shape index (κ1) is 15.0. The first-order valence-electron chi connectivity index (χ1n) is 4.89. The number of nitrogens with one attached hydrogen (secondary N) is 1. The van der Waals surface area contributed by atoms with Crippen LogP contribution in [-0.4, -0.2) is 31.0 Å². The fraction of sp³-hybridized carbons (Fsp3) is 0.364. The molecule has 1 rings (SSSR count). The van der Waals surface area contributed by atoms with Crippen molar-refractivity contribution in [3.63, 3.8) is 0 Å². The zero-order valence-corrected chi connectivity index (χ0v) is 13.1. The molecule has 0 saturated heterocycles. The lowest BCUT2D eigenvalue weighted by Crippen LogP contribution is -2.39. The monoisotopic (exact) mass is 383 g/mol. The summed E-state index contributed by atoms with van der Waals surface area (Å²) in [6.45, 7) is 0.460. The van der Waals surface area contributed by atoms with E-state index in [1.165, 1.54) is 0 Å². The van der Waals surface area contributed by atoms with Gasteiger partial charge in [-0.05, 0) is 34.1 Å². The van der Waals surface area contributed by atoms with E-state index in [2.05, 4.69) is 37.2 Å². The summed E-state index contributed by atoms with van der Waals surface area (Å²) in [5.74, 6) is -0.166. The Kier molecular flexibility index (Phi) is 6.48. The number of benzene rings is 1. The number of ether oxygens (including phenoxy) is 1. The Labute approximate surface area is 122 Å². The van der Waals surface area contributed by atoms with Crippen molar-refractivity contribution in [2.24, 2.45) is 0 Å². The molecular formula is C11H12Br2ClNO2. The molecule has 0 aliphatic carbocycles. The number of halogens is 3. The second kappa shape index (κ2) is 7.36. The molecule has 0 spiro atoms. The van der Waals surface area contributed by atoms with Crippen molar-refractivity contribution in [2.45, 2.75) is 6.04 Å². The number of alkyl halides is 1. The van der Waals surface area contributed by atoms with Crippen LogP contribution in [0.3, 0.4) is 0 Å². The van der Waals surface area contributed by atoms with E-state index in [4.69, 9.17) is 16.3 Å². The lowest BCUT2D eigenvalue weighted by atomic mass is 10.2. The smallest absolute Gasteiger partial charge is 0.251 e. The topological polar surface area (TPSA) is 38.3 Å². The van der Waals surface area contributed by atoms with Gasteiger partial charge in [-0.1, -0.05) is 27.5 Å². The molecule has 0 radical (unpaired) electrons. The summed E-state index contributed by atoms with van der Waals surface area (Å²) in [6.07, 6.45) is 0. The van der Waals surface area contributed by atoms with Crippen LogP contribution in [0.1, 0.15) is 10.4 Å². The second-order valence-corrected chi connectivity index (χ2v) is 5.32. The summed E-state index contributed by atoms with van der Waals surface area (Å²) < 4.78 is 5.76. The average molecular weight is 385 g/mol. The Morgan fingerprint density at radius 1 is 1.59 bits per heavy atom. The fourth-order valence-corrected chi connectivity index (χ4v) is 2.01. The van der Waals surface area contributed by atoms with Gasteiger partial charge < -0.3 is 10.1 Å². The predicted molar refractivity (Wildman–Crippen MR) is 76.1 cm³/mol. The zero-order chi connectivity index (χ0) is 12.8. The highest BCUT2D eigenvalue weighted by atomic mass is 79.9. The van der Waals surface area contributed by atoms with Crippen molar-refractivity contribution in [2.75, 3.05) is 19.0 Å². The normalized spacial score (nSPS) is 12.2. The van der Waals surface area contributed by atoms with E-state index in [0.29, 0.717) is 22.5 Å². The van der Waals surface area contributed by atoms with Crippen molar-refractivity contribution >= 4 is 49.4 Å². The third kappa shape index (κ3) is 4.58. The van der Waals surface area contributed by atoms with Crippen molar-refractivity contribution in [1.82, 2.24) is 5.32 Å². The third-order valence-electron chi connectivity index (χ3n) is 2.07. The van der Waals surface area contributed by atoms with Gasteiger partial charge in [0.05, 0.1) is 17.7 Å². The molecule has 0 bridgehead atoms. The van der Waals surface area contributed by atoms with Gasteiger partial charge in [-0.15, -0.1) is 0 Å². The van der Waals surface area contributed by atoms with Crippen molar-refractivity contribution < 1.29 is 9.53 Å². The van der Waals surface area contributed by atoms with E-state index in [9.17, 15) is 4.79 Å². The lowest BCUT2D eigenvalue weighted by molar-refractivity contribution is 0.0908. The van der Waals surface area contributed by atoms with E-state index in [-0.39, 0.29) is 11.9 Å². The van der Waals surface area contributed by atoms with Crippen LogP contribution in [0, 0.1) is 0 Å². The zero-order valence-electron chi connectivity index (χ0n) is 9.17. The SMILES string of the molecule is COCC(CBr)NC(=O)c1ccc(Br)c(Cl)c1. The highest BCUT2D eigenvalue weighted by molar-refractivity contribution is 9.10. The number of hydrogen-bond acceptors (Lipinski definition) is 2. The summed E-state index contributed by atoms with van der Waals surface area (Å²) in [4.78, 5) is 11.9. The van der Waals surface area contributed by atoms with Crippen LogP contribution in [0.2, 0.25) is 5.02 Å². The number of carbonyl (C=O) groups excluding carboxylic acids is 1. The number of methoxy groups -OCH3 is 1. The minimum absolute atomic E-state index is 0.0603. The van der Waals surface area contributed by atoms with Crippen LogP contribution >= 0.6 is 43.5 Å². The highest BCUT2D eigenvalue weighted by Crippen LogP contribution is 2.23. The van der Waals surface area contributed by atoms with Crippen molar-refractivity contribution in [3.05, 3.63) is 33.3 Å². The number of rotatable bonds is 5. The molecule has 0 aromatic heterocycles. The Morgan fingerprint density at radius 2 is 2.29 bits per heavy atom. The summed E-state index contributed by atoms with van der Waals surface area (Å²) in [5, 5.41) is 4.00. The molecule has 1 unspecified atom stereocenters. The van der Waals surface area contributed by atoms with Crippen LogP contribution < -0.4 is 5.32 Å². The summed E-state index contributed by atoms with van der Waals surface area (Å²) in [5.41, 5.74) is 0.528. The molecule has 0 saturated carbocycles. The maximum Gasteiger partial charge on any atom is 0.251 e. The highest BCUT2D eigenvalue weighted by Gasteiger charge is 2.13. The Balaban J connectivity index is 2.72. The van der Waals surface area contributed by atoms with Gasteiger partial charge in [-0.2, -0.15) is 0 Å². The van der Waals surface area contributed by atoms with Crippen molar-refractivity contribution in [1.29, 1.82) is 0 Å². The van der Waals surface area contributed by atoms with Crippen LogP contribution in [0.4, 0.5) is 0 Å². The van der Waals surface area contributed by atoms with Gasteiger partial charge in [0.25, 0.3) is 5.91 Å². The molecule has 0 fully saturated rings. The third-order valence-corrected chi connectivity index (χ3v) is 4.09. The molecule has 0 aliphatic heterocycles. The maximum absolute atomic E-state index is 11.9. The first-order chi connectivity index (χ1) is 8.08. The summed E-state index contributed by atoms with van der Waals surface area (Å²) in [7, 11) is 1.60. The average Bonchev–Trinajstić information content (AvgIpc) is 2.31. The molecule has 94 valence electrons. The van der Waals surface area contributed by atoms with Crippen LogP contribution in [0.5, 0.6) is 0 Å². The number of carbonyl (C=O) groups is 1. The predicted octanol–water partition coefficient (Wildman–Crippen LogP) is 3.24. The molecule has 1 N–H and O–H groups in total. The largest absolute Gasteiger partial charge is 0.383 e. The minimum atomic E-state index is -0.166. The van der Waals surface area contributed by atoms with Gasteiger partial charge in [-0.25, -0.2) is 0 Å². The quantitative estimate of drug-likeness (QED) is 0.791. The van der Waals surface area contributed by atoms with E-state index in [1.54, 1.807) is 25.3 Å². The van der Waals surface area contributed by atoms with E-state index in [1.807, 2.05) is 0 Å². The molecule has 1 atom stereocenters. The van der Waals surface area contributed by atoms with Gasteiger partial charge in [0.1, 0.15) is 0 Å². The molecule has 1 amide bonds. The van der Waals surface area contributed by atoms with Crippen molar-refractivity contribution in [3.8, 4) is 0 Å². The molecule has 3 nitrogen and oxygen atoms in total. The Bertz CT molecular complexity index is 401. The Hall–Kier alpha value is -0.100. The second-order valence-electron chi connectivity index (χ2n) is 3.41. The molecule has 0 aliphatic rings. The van der Waals surface area contributed by atoms with E-state index < -0.39 is 0 Å². The van der Waals surface area contributed by atoms with Gasteiger partial charge in [0.2, 0.25) is 0 Å². The molecular weight excluding hydrogens is 373 g/mol. The van der Waals surface area contributed by atoms with Crippen LogP contribution in [0.25, 0.3) is 0 Å². The van der Waals surface area contributed by atoms with Gasteiger partial charge in [0, 0.05) is 22.5 Å². The van der Waals surface area contributed by atoms with Gasteiger partial charge in [0.15, 0.2) is 0 Å². The van der Waals surface area contributed by atoms with E-state index in [0.717, 1.165) is 4.47 Å². The molecule has 6 heteroatoms. The minimum Gasteiger partial charge on any atom is -0.383 e. The van der Waals surface area contributed by atoms with Crippen LogP contribution in [-0.2, 0) is 4.74 Å². The summed E-state index contributed by atoms with van der Waals surface area (Å²) >= 11 is 12.5. The molecule has 1 aromatic rings. The van der Waals surface area contributed by atoms with Crippen LogP contribution in [0.15, 0.2) is 22.7 Å². The standard InChI is InChI=1S/C11H12Br2ClNO2/c1-17-6-8(5-12)15-11(16)7-2-3-9(13)10(14)4-7/h2-4,8H,5-6H2,1H3,(H,15,16). The van der Waals surface area contributed by atoms with Gasteiger partial charge in [-0.3, -0.25) is 4.79 Å². The number of amides is 1. The number of hydrogen-bond donors (Lipinski definition) is 1. The maximum atomic E-state index is 11.9. The summed E-state index contributed by atoms with van der Waals surface area (Å²) in [6, 6.07) is 5.02. The Morgan fingerprint density at radius 3 is 2.82 bits per heavy atom. The fourth-order valence-electron chi connectivity index (χ4n) is 1.23.